The average molecular weight is 397 g/mol. The Morgan fingerprint density at radius 1 is 1.07 bits per heavy atom. The molecule has 136 valence electrons. The van der Waals surface area contributed by atoms with Crippen molar-refractivity contribution in [2.75, 3.05) is 0 Å². The van der Waals surface area contributed by atoms with Crippen LogP contribution in [0.15, 0.2) is 65.1 Å². The molecule has 0 aliphatic heterocycles. The third-order valence-electron chi connectivity index (χ3n) is 3.59. The van der Waals surface area contributed by atoms with Gasteiger partial charge < -0.3 is 9.84 Å². The standard InChI is InChI=1S/C18H15N5O2S2/c24-15-8-6-14(7-9-15)23-18(20-21-22-23)27-12-13-11-26-17(19-13)10-25-16-4-2-1-3-5-16/h1-9,11,24H,10,12H2. The summed E-state index contributed by atoms with van der Waals surface area (Å²) in [5.74, 6) is 1.69. The third kappa shape index (κ3) is 4.44. The van der Waals surface area contributed by atoms with E-state index in [0.29, 0.717) is 17.5 Å². The number of thioether (sulfide) groups is 1. The monoisotopic (exact) mass is 397 g/mol. The van der Waals surface area contributed by atoms with Crippen LogP contribution in [0.4, 0.5) is 0 Å². The summed E-state index contributed by atoms with van der Waals surface area (Å²) in [6, 6.07) is 16.4. The maximum Gasteiger partial charge on any atom is 0.214 e. The molecule has 4 aromatic rings. The topological polar surface area (TPSA) is 86.0 Å². The van der Waals surface area contributed by atoms with E-state index in [1.165, 1.54) is 11.8 Å². The second-order valence-electron chi connectivity index (χ2n) is 5.51. The predicted octanol–water partition coefficient (Wildman–Crippen LogP) is 3.70. The quantitative estimate of drug-likeness (QED) is 0.476. The smallest absolute Gasteiger partial charge is 0.214 e. The number of ether oxygens (including phenoxy) is 1. The van der Waals surface area contributed by atoms with E-state index in [1.807, 2.05) is 35.7 Å². The summed E-state index contributed by atoms with van der Waals surface area (Å²) < 4.78 is 7.36. The first kappa shape index (κ1) is 17.5. The molecule has 0 spiro atoms. The van der Waals surface area contributed by atoms with E-state index in [4.69, 9.17) is 4.74 Å². The Kier molecular flexibility index (Phi) is 5.31. The normalized spacial score (nSPS) is 10.8. The molecule has 0 amide bonds. The van der Waals surface area contributed by atoms with Gasteiger partial charge in [0.25, 0.3) is 0 Å². The zero-order valence-electron chi connectivity index (χ0n) is 14.1. The molecule has 0 bridgehead atoms. The third-order valence-corrected chi connectivity index (χ3v) is 5.41. The predicted molar refractivity (Wildman–Crippen MR) is 103 cm³/mol. The Morgan fingerprint density at radius 2 is 1.89 bits per heavy atom. The van der Waals surface area contributed by atoms with Crippen LogP contribution in [0.5, 0.6) is 11.5 Å². The van der Waals surface area contributed by atoms with Gasteiger partial charge in [0.1, 0.15) is 23.1 Å². The first-order chi connectivity index (χ1) is 13.3. The second kappa shape index (κ2) is 8.19. The molecule has 0 saturated carbocycles. The Balaban J connectivity index is 1.37. The lowest BCUT2D eigenvalue weighted by Crippen LogP contribution is -1.99. The highest BCUT2D eigenvalue weighted by Crippen LogP contribution is 2.24. The first-order valence-corrected chi connectivity index (χ1v) is 9.96. The van der Waals surface area contributed by atoms with E-state index >= 15 is 0 Å². The van der Waals surface area contributed by atoms with E-state index in [-0.39, 0.29) is 5.75 Å². The summed E-state index contributed by atoms with van der Waals surface area (Å²) in [5, 5.41) is 24.8. The molecule has 4 rings (SSSR count). The highest BCUT2D eigenvalue weighted by Gasteiger charge is 2.11. The van der Waals surface area contributed by atoms with Gasteiger partial charge in [-0.1, -0.05) is 30.0 Å². The highest BCUT2D eigenvalue weighted by molar-refractivity contribution is 7.98. The van der Waals surface area contributed by atoms with Crippen molar-refractivity contribution >= 4 is 23.1 Å². The van der Waals surface area contributed by atoms with Gasteiger partial charge in [-0.2, -0.15) is 4.68 Å². The molecule has 2 heterocycles. The van der Waals surface area contributed by atoms with Crippen molar-refractivity contribution in [3.63, 3.8) is 0 Å². The van der Waals surface area contributed by atoms with Gasteiger partial charge >= 0.3 is 0 Å². The minimum Gasteiger partial charge on any atom is -0.508 e. The van der Waals surface area contributed by atoms with E-state index in [1.54, 1.807) is 40.3 Å². The number of aromatic hydroxyl groups is 1. The number of benzene rings is 2. The molecule has 0 unspecified atom stereocenters. The van der Waals surface area contributed by atoms with Crippen LogP contribution in [-0.2, 0) is 12.4 Å². The SMILES string of the molecule is Oc1ccc(-n2nnnc2SCc2csc(COc3ccccc3)n2)cc1. The van der Waals surface area contributed by atoms with Crippen molar-refractivity contribution in [1.82, 2.24) is 25.2 Å². The summed E-state index contributed by atoms with van der Waals surface area (Å²) in [6.07, 6.45) is 0. The number of tetrazole rings is 1. The zero-order chi connectivity index (χ0) is 18.5. The summed E-state index contributed by atoms with van der Waals surface area (Å²) in [4.78, 5) is 4.60. The number of rotatable bonds is 7. The van der Waals surface area contributed by atoms with Crippen LogP contribution < -0.4 is 4.74 Å². The first-order valence-electron chi connectivity index (χ1n) is 8.09. The van der Waals surface area contributed by atoms with Crippen molar-refractivity contribution in [3.05, 3.63) is 70.7 Å². The molecule has 0 radical (unpaired) electrons. The molecule has 0 atom stereocenters. The molecule has 27 heavy (non-hydrogen) atoms. The largest absolute Gasteiger partial charge is 0.508 e. The Bertz CT molecular complexity index is 1000. The van der Waals surface area contributed by atoms with Gasteiger partial charge in [0.2, 0.25) is 5.16 Å². The summed E-state index contributed by atoms with van der Waals surface area (Å²) >= 11 is 3.07. The Hall–Kier alpha value is -2.91. The van der Waals surface area contributed by atoms with Gasteiger partial charge in [-0.3, -0.25) is 0 Å². The van der Waals surface area contributed by atoms with Gasteiger partial charge in [0.15, 0.2) is 0 Å². The van der Waals surface area contributed by atoms with E-state index in [0.717, 1.165) is 22.1 Å². The van der Waals surface area contributed by atoms with Gasteiger partial charge in [-0.05, 0) is 46.8 Å². The fraction of sp³-hybridized carbons (Fsp3) is 0.111. The molecular weight excluding hydrogens is 382 g/mol. The van der Waals surface area contributed by atoms with Crippen LogP contribution >= 0.6 is 23.1 Å². The van der Waals surface area contributed by atoms with Gasteiger partial charge in [0.05, 0.1) is 11.4 Å². The van der Waals surface area contributed by atoms with E-state index < -0.39 is 0 Å². The molecule has 0 fully saturated rings. The van der Waals surface area contributed by atoms with Crippen LogP contribution in [0.3, 0.4) is 0 Å². The molecule has 0 aliphatic rings. The number of thiazole rings is 1. The van der Waals surface area contributed by atoms with Crippen LogP contribution in [0.2, 0.25) is 0 Å². The number of nitrogens with zero attached hydrogens (tertiary/aromatic N) is 5. The number of para-hydroxylation sites is 1. The van der Waals surface area contributed by atoms with Crippen LogP contribution in [0.25, 0.3) is 5.69 Å². The van der Waals surface area contributed by atoms with Crippen molar-refractivity contribution in [2.24, 2.45) is 0 Å². The fourth-order valence-corrected chi connectivity index (χ4v) is 3.90. The average Bonchev–Trinajstić information content (AvgIpc) is 3.35. The molecule has 7 nitrogen and oxygen atoms in total. The van der Waals surface area contributed by atoms with E-state index in [2.05, 4.69) is 20.5 Å². The van der Waals surface area contributed by atoms with Crippen LogP contribution in [0, 0.1) is 0 Å². The van der Waals surface area contributed by atoms with Crippen LogP contribution in [-0.4, -0.2) is 30.3 Å². The molecule has 1 N–H and O–H groups in total. The number of phenolic OH excluding ortho intramolecular Hbond substituents is 1. The lowest BCUT2D eigenvalue weighted by molar-refractivity contribution is 0.305. The number of hydrogen-bond acceptors (Lipinski definition) is 8. The summed E-state index contributed by atoms with van der Waals surface area (Å²) in [7, 11) is 0. The molecular formula is C18H15N5O2S2. The fourth-order valence-electron chi connectivity index (χ4n) is 2.31. The molecule has 0 aliphatic carbocycles. The molecule has 9 heteroatoms. The zero-order valence-corrected chi connectivity index (χ0v) is 15.7. The maximum atomic E-state index is 9.41. The Labute approximate surface area is 163 Å². The second-order valence-corrected chi connectivity index (χ2v) is 7.40. The van der Waals surface area contributed by atoms with Crippen LogP contribution in [0.1, 0.15) is 10.7 Å². The molecule has 2 aromatic heterocycles. The van der Waals surface area contributed by atoms with Crippen molar-refractivity contribution in [3.8, 4) is 17.2 Å². The number of hydrogen-bond donors (Lipinski definition) is 1. The summed E-state index contributed by atoms with van der Waals surface area (Å²) in [5.41, 5.74) is 1.74. The van der Waals surface area contributed by atoms with Crippen molar-refractivity contribution < 1.29 is 9.84 Å². The van der Waals surface area contributed by atoms with Gasteiger partial charge in [-0.15, -0.1) is 16.4 Å². The lowest BCUT2D eigenvalue weighted by atomic mass is 10.3. The lowest BCUT2D eigenvalue weighted by Gasteiger charge is -2.04. The number of aromatic nitrogens is 5. The summed E-state index contributed by atoms with van der Waals surface area (Å²) in [6.45, 7) is 0.449. The molecule has 0 saturated heterocycles. The molecule has 2 aromatic carbocycles. The van der Waals surface area contributed by atoms with Crippen molar-refractivity contribution in [1.29, 1.82) is 0 Å². The van der Waals surface area contributed by atoms with Gasteiger partial charge in [-0.25, -0.2) is 4.98 Å². The minimum atomic E-state index is 0.203. The number of phenols is 1. The van der Waals surface area contributed by atoms with E-state index in [9.17, 15) is 5.11 Å². The highest BCUT2D eigenvalue weighted by atomic mass is 32.2. The minimum absolute atomic E-state index is 0.203. The van der Waals surface area contributed by atoms with Gasteiger partial charge in [0, 0.05) is 11.1 Å². The maximum absolute atomic E-state index is 9.41. The Morgan fingerprint density at radius 3 is 2.70 bits per heavy atom. The van der Waals surface area contributed by atoms with Crippen molar-refractivity contribution in [2.45, 2.75) is 17.5 Å².